The Morgan fingerprint density at radius 3 is 1.76 bits per heavy atom. The van der Waals surface area contributed by atoms with Gasteiger partial charge in [0.1, 0.15) is 5.75 Å². The molecule has 2 rings (SSSR count). The van der Waals surface area contributed by atoms with Crippen molar-refractivity contribution in [2.75, 3.05) is 5.32 Å². The number of hydrogen-bond acceptors (Lipinski definition) is 2. The predicted octanol–water partition coefficient (Wildman–Crippen LogP) is 4.96. The summed E-state index contributed by atoms with van der Waals surface area (Å²) in [6.07, 6.45) is -11.0. The minimum atomic E-state index is -5.76. The fourth-order valence-electron chi connectivity index (χ4n) is 1.50. The van der Waals surface area contributed by atoms with Gasteiger partial charge in [-0.2, -0.15) is 22.0 Å². The van der Waals surface area contributed by atoms with E-state index in [1.165, 1.54) is 12.1 Å². The molecule has 0 heterocycles. The average molecular weight is 303 g/mol. The lowest BCUT2D eigenvalue weighted by atomic mass is 10.2. The highest BCUT2D eigenvalue weighted by Crippen LogP contribution is 2.37. The van der Waals surface area contributed by atoms with Crippen molar-refractivity contribution in [3.8, 4) is 5.75 Å². The van der Waals surface area contributed by atoms with Crippen molar-refractivity contribution in [3.05, 3.63) is 54.6 Å². The van der Waals surface area contributed by atoms with Crippen molar-refractivity contribution in [2.24, 2.45) is 0 Å². The van der Waals surface area contributed by atoms with Gasteiger partial charge in [-0.1, -0.05) is 18.2 Å². The average Bonchev–Trinajstić information content (AvgIpc) is 2.41. The summed E-state index contributed by atoms with van der Waals surface area (Å²) >= 11 is 0. The molecular formula is C14H10F5NO. The standard InChI is InChI=1S/C14H10F5NO/c15-13(16,17)14(18,19)21-12-8-6-11(7-9-12)20-10-4-2-1-3-5-10/h1-9,20H. The lowest BCUT2D eigenvalue weighted by molar-refractivity contribution is -0.360. The highest BCUT2D eigenvalue weighted by atomic mass is 19.4. The molecule has 1 N–H and O–H groups in total. The Balaban J connectivity index is 2.06. The van der Waals surface area contributed by atoms with E-state index < -0.39 is 18.0 Å². The molecule has 0 saturated carbocycles. The molecule has 0 amide bonds. The van der Waals surface area contributed by atoms with Gasteiger partial charge in [-0.3, -0.25) is 0 Å². The zero-order valence-electron chi connectivity index (χ0n) is 10.5. The second kappa shape index (κ2) is 5.59. The first kappa shape index (κ1) is 15.1. The van der Waals surface area contributed by atoms with Crippen LogP contribution in [0, 0.1) is 0 Å². The van der Waals surface area contributed by atoms with Gasteiger partial charge in [-0.05, 0) is 36.4 Å². The van der Waals surface area contributed by atoms with Crippen LogP contribution >= 0.6 is 0 Å². The van der Waals surface area contributed by atoms with Crippen molar-refractivity contribution in [3.63, 3.8) is 0 Å². The summed E-state index contributed by atoms with van der Waals surface area (Å²) in [5.41, 5.74) is 1.29. The van der Waals surface area contributed by atoms with Crippen LogP contribution in [0.15, 0.2) is 54.6 Å². The molecule has 0 aromatic heterocycles. The van der Waals surface area contributed by atoms with Crippen molar-refractivity contribution >= 4 is 11.4 Å². The van der Waals surface area contributed by atoms with Gasteiger partial charge in [0.15, 0.2) is 0 Å². The quantitative estimate of drug-likeness (QED) is 0.806. The van der Waals surface area contributed by atoms with Crippen LogP contribution in [-0.2, 0) is 0 Å². The van der Waals surface area contributed by atoms with Crippen LogP contribution in [0.25, 0.3) is 0 Å². The van der Waals surface area contributed by atoms with E-state index in [2.05, 4.69) is 10.1 Å². The predicted molar refractivity (Wildman–Crippen MR) is 67.8 cm³/mol. The summed E-state index contributed by atoms with van der Waals surface area (Å²) in [7, 11) is 0. The highest BCUT2D eigenvalue weighted by Gasteiger charge is 2.61. The monoisotopic (exact) mass is 303 g/mol. The molecule has 0 bridgehead atoms. The Hall–Kier alpha value is -2.31. The first-order valence-corrected chi connectivity index (χ1v) is 5.84. The van der Waals surface area contributed by atoms with E-state index in [9.17, 15) is 22.0 Å². The minimum Gasteiger partial charge on any atom is -0.426 e. The fraction of sp³-hybridized carbons (Fsp3) is 0.143. The molecule has 2 aromatic rings. The Kier molecular flexibility index (Phi) is 4.02. The van der Waals surface area contributed by atoms with Gasteiger partial charge in [0, 0.05) is 11.4 Å². The van der Waals surface area contributed by atoms with Crippen molar-refractivity contribution in [1.82, 2.24) is 0 Å². The summed E-state index contributed by atoms with van der Waals surface area (Å²) in [4.78, 5) is 0. The Bertz CT molecular complexity index is 581. The number of halogens is 5. The van der Waals surface area contributed by atoms with Crippen LogP contribution in [0.1, 0.15) is 0 Å². The largest absolute Gasteiger partial charge is 0.499 e. The maximum absolute atomic E-state index is 12.7. The van der Waals surface area contributed by atoms with Gasteiger partial charge in [0.25, 0.3) is 0 Å². The zero-order valence-corrected chi connectivity index (χ0v) is 10.5. The fourth-order valence-corrected chi connectivity index (χ4v) is 1.50. The molecule has 7 heteroatoms. The number of benzene rings is 2. The van der Waals surface area contributed by atoms with Gasteiger partial charge in [0.2, 0.25) is 0 Å². The number of hydrogen-bond donors (Lipinski definition) is 1. The Morgan fingerprint density at radius 2 is 1.24 bits per heavy atom. The number of alkyl halides is 5. The van der Waals surface area contributed by atoms with Crippen molar-refractivity contribution in [2.45, 2.75) is 12.3 Å². The summed E-state index contributed by atoms with van der Waals surface area (Å²) in [5, 5.41) is 2.96. The van der Waals surface area contributed by atoms with E-state index in [4.69, 9.17) is 0 Å². The van der Waals surface area contributed by atoms with Gasteiger partial charge in [-0.15, -0.1) is 0 Å². The van der Waals surface area contributed by atoms with E-state index >= 15 is 0 Å². The topological polar surface area (TPSA) is 21.3 Å². The maximum atomic E-state index is 12.7. The smallest absolute Gasteiger partial charge is 0.426 e. The first-order valence-electron chi connectivity index (χ1n) is 5.84. The Labute approximate surface area is 117 Å². The van der Waals surface area contributed by atoms with E-state index in [1.807, 2.05) is 6.07 Å². The molecule has 0 atom stereocenters. The van der Waals surface area contributed by atoms with E-state index in [-0.39, 0.29) is 0 Å². The molecule has 2 aromatic carbocycles. The number of anilines is 2. The van der Waals surface area contributed by atoms with Crippen LogP contribution in [0.5, 0.6) is 5.75 Å². The number of nitrogens with one attached hydrogen (secondary N) is 1. The van der Waals surface area contributed by atoms with Gasteiger partial charge < -0.3 is 10.1 Å². The Morgan fingerprint density at radius 1 is 0.714 bits per heavy atom. The molecular weight excluding hydrogens is 293 g/mol. The summed E-state index contributed by atoms with van der Waals surface area (Å²) < 4.78 is 65.1. The number of rotatable bonds is 4. The molecule has 2 nitrogen and oxygen atoms in total. The SMILES string of the molecule is FC(F)(F)C(F)(F)Oc1ccc(Nc2ccccc2)cc1. The van der Waals surface area contributed by atoms with Crippen LogP contribution in [-0.4, -0.2) is 12.3 Å². The molecule has 0 aliphatic heterocycles. The third-order valence-electron chi connectivity index (χ3n) is 2.49. The van der Waals surface area contributed by atoms with E-state index in [1.54, 1.807) is 24.3 Å². The maximum Gasteiger partial charge on any atom is 0.499 e. The van der Waals surface area contributed by atoms with Crippen LogP contribution in [0.3, 0.4) is 0 Å². The van der Waals surface area contributed by atoms with Gasteiger partial charge in [0.05, 0.1) is 0 Å². The van der Waals surface area contributed by atoms with Crippen molar-refractivity contribution < 1.29 is 26.7 Å². The first-order chi connectivity index (χ1) is 9.78. The van der Waals surface area contributed by atoms with Crippen LogP contribution in [0.4, 0.5) is 33.3 Å². The lowest BCUT2D eigenvalue weighted by Crippen LogP contribution is -2.41. The molecule has 0 saturated heterocycles. The second-order valence-electron chi connectivity index (χ2n) is 4.13. The molecule has 112 valence electrons. The number of ether oxygens (including phenoxy) is 1. The second-order valence-corrected chi connectivity index (χ2v) is 4.13. The molecule has 0 spiro atoms. The molecule has 0 aliphatic carbocycles. The van der Waals surface area contributed by atoms with E-state index in [0.717, 1.165) is 17.8 Å². The van der Waals surface area contributed by atoms with Gasteiger partial charge in [-0.25, -0.2) is 0 Å². The molecule has 0 fully saturated rings. The summed E-state index contributed by atoms with van der Waals surface area (Å²) in [6.45, 7) is 0. The lowest BCUT2D eigenvalue weighted by Gasteiger charge is -2.20. The third-order valence-corrected chi connectivity index (χ3v) is 2.49. The minimum absolute atomic E-state index is 0.531. The van der Waals surface area contributed by atoms with Crippen molar-refractivity contribution in [1.29, 1.82) is 0 Å². The molecule has 0 unspecified atom stereocenters. The van der Waals surface area contributed by atoms with Gasteiger partial charge >= 0.3 is 12.3 Å². The highest BCUT2D eigenvalue weighted by molar-refractivity contribution is 5.59. The van der Waals surface area contributed by atoms with Crippen LogP contribution < -0.4 is 10.1 Å². The summed E-state index contributed by atoms with van der Waals surface area (Å²) in [6, 6.07) is 13.7. The van der Waals surface area contributed by atoms with E-state index in [0.29, 0.717) is 5.69 Å². The molecule has 21 heavy (non-hydrogen) atoms. The summed E-state index contributed by atoms with van der Waals surface area (Å²) in [5.74, 6) is -0.573. The zero-order chi connectivity index (χ0) is 15.5. The normalized spacial score (nSPS) is 12.0. The number of para-hydroxylation sites is 1. The third kappa shape index (κ3) is 3.84. The molecule has 0 radical (unpaired) electrons. The molecule has 0 aliphatic rings. The van der Waals surface area contributed by atoms with Crippen LogP contribution in [0.2, 0.25) is 0 Å².